The van der Waals surface area contributed by atoms with Crippen molar-refractivity contribution in [2.45, 2.75) is 19.5 Å². The third kappa shape index (κ3) is 3.75. The second kappa shape index (κ2) is 7.18. The normalized spacial score (nSPS) is 11.7. The molecule has 0 aliphatic carbocycles. The standard InChI is InChI=1S/C17H15BrF3N5O/c1-2-11-13(18)12(14-15(22)24-8-25-26(11)14)9-3-5-10(6-4-9)16(27)23-7-17(19,20)21/h3-6,8H,2,7H2,1H3,(H,23,27)(H2,22,24,25). The van der Waals surface area contributed by atoms with Crippen LogP contribution in [0.25, 0.3) is 16.6 Å². The number of nitrogens with one attached hydrogen (secondary N) is 1. The van der Waals surface area contributed by atoms with Gasteiger partial charge in [0.25, 0.3) is 5.91 Å². The van der Waals surface area contributed by atoms with E-state index in [2.05, 4.69) is 26.0 Å². The molecule has 0 spiro atoms. The minimum Gasteiger partial charge on any atom is -0.382 e. The summed E-state index contributed by atoms with van der Waals surface area (Å²) < 4.78 is 39.2. The lowest BCUT2D eigenvalue weighted by Gasteiger charge is -2.09. The number of benzene rings is 1. The molecule has 0 atom stereocenters. The molecule has 2 aromatic heterocycles. The zero-order valence-electron chi connectivity index (χ0n) is 14.1. The summed E-state index contributed by atoms with van der Waals surface area (Å²) in [6.07, 6.45) is -2.40. The third-order valence-electron chi connectivity index (χ3n) is 4.00. The summed E-state index contributed by atoms with van der Waals surface area (Å²) in [6.45, 7) is 0.597. The average molecular weight is 442 g/mol. The molecule has 0 bridgehead atoms. The van der Waals surface area contributed by atoms with E-state index >= 15 is 0 Å². The van der Waals surface area contributed by atoms with Crippen LogP contribution in [0.2, 0.25) is 0 Å². The van der Waals surface area contributed by atoms with Gasteiger partial charge in [-0.05, 0) is 40.0 Å². The van der Waals surface area contributed by atoms with Gasteiger partial charge in [-0.1, -0.05) is 19.1 Å². The molecule has 3 rings (SSSR count). The summed E-state index contributed by atoms with van der Waals surface area (Å²) >= 11 is 3.57. The first-order chi connectivity index (χ1) is 12.7. The highest BCUT2D eigenvalue weighted by Crippen LogP contribution is 2.38. The molecular weight excluding hydrogens is 427 g/mol. The monoisotopic (exact) mass is 441 g/mol. The maximum absolute atomic E-state index is 12.2. The van der Waals surface area contributed by atoms with E-state index in [1.54, 1.807) is 16.6 Å². The smallest absolute Gasteiger partial charge is 0.382 e. The van der Waals surface area contributed by atoms with Gasteiger partial charge in [0.1, 0.15) is 18.4 Å². The van der Waals surface area contributed by atoms with Crippen molar-refractivity contribution in [1.29, 1.82) is 0 Å². The van der Waals surface area contributed by atoms with Gasteiger partial charge in [0.2, 0.25) is 0 Å². The molecule has 0 aliphatic rings. The largest absolute Gasteiger partial charge is 0.405 e. The lowest BCUT2D eigenvalue weighted by molar-refractivity contribution is -0.123. The van der Waals surface area contributed by atoms with Crippen molar-refractivity contribution in [3.63, 3.8) is 0 Å². The van der Waals surface area contributed by atoms with E-state index in [0.29, 0.717) is 17.8 Å². The number of hydrogen-bond acceptors (Lipinski definition) is 4. The van der Waals surface area contributed by atoms with Crippen LogP contribution in [0.1, 0.15) is 23.0 Å². The quantitative estimate of drug-likeness (QED) is 0.647. The Hall–Kier alpha value is -2.62. The number of nitrogen functional groups attached to an aromatic ring is 1. The fraction of sp³-hybridized carbons (Fsp3) is 0.235. The molecule has 1 aromatic carbocycles. The number of halogens is 4. The molecule has 6 nitrogen and oxygen atoms in total. The predicted molar refractivity (Wildman–Crippen MR) is 98.3 cm³/mol. The van der Waals surface area contributed by atoms with Crippen LogP contribution in [0.3, 0.4) is 0 Å². The van der Waals surface area contributed by atoms with Crippen LogP contribution in [0.5, 0.6) is 0 Å². The first-order valence-electron chi connectivity index (χ1n) is 7.98. The molecule has 0 unspecified atom stereocenters. The Labute approximate surface area is 160 Å². The van der Waals surface area contributed by atoms with Gasteiger partial charge in [0.15, 0.2) is 5.82 Å². The molecule has 0 fully saturated rings. The van der Waals surface area contributed by atoms with Crippen molar-refractivity contribution in [2.24, 2.45) is 0 Å². The van der Waals surface area contributed by atoms with Crippen molar-refractivity contribution in [2.75, 3.05) is 12.3 Å². The maximum atomic E-state index is 12.2. The molecule has 3 N–H and O–H groups in total. The van der Waals surface area contributed by atoms with Gasteiger partial charge in [-0.25, -0.2) is 9.50 Å². The zero-order valence-corrected chi connectivity index (χ0v) is 15.7. The Bertz CT molecular complexity index is 998. The fourth-order valence-corrected chi connectivity index (χ4v) is 3.65. The number of fused-ring (bicyclic) bond motifs is 1. The SMILES string of the molecule is CCc1c(Br)c(-c2ccc(C(=O)NCC(F)(F)F)cc2)c2c(N)ncnn12. The summed E-state index contributed by atoms with van der Waals surface area (Å²) in [4.78, 5) is 15.9. The van der Waals surface area contributed by atoms with E-state index in [-0.39, 0.29) is 5.56 Å². The Balaban J connectivity index is 1.99. The number of carbonyl (C=O) groups excluding carboxylic acids is 1. The van der Waals surface area contributed by atoms with Crippen LogP contribution in [-0.4, -0.2) is 33.2 Å². The number of nitrogens with two attached hydrogens (primary N) is 1. The number of hydrogen-bond donors (Lipinski definition) is 2. The van der Waals surface area contributed by atoms with Crippen molar-refractivity contribution in [3.8, 4) is 11.1 Å². The van der Waals surface area contributed by atoms with E-state index in [9.17, 15) is 18.0 Å². The first-order valence-corrected chi connectivity index (χ1v) is 8.77. The molecule has 0 radical (unpaired) electrons. The summed E-state index contributed by atoms with van der Waals surface area (Å²) in [5.74, 6) is -0.496. The average Bonchev–Trinajstić information content (AvgIpc) is 2.92. The highest BCUT2D eigenvalue weighted by Gasteiger charge is 2.28. The van der Waals surface area contributed by atoms with Crippen molar-refractivity contribution < 1.29 is 18.0 Å². The maximum Gasteiger partial charge on any atom is 0.405 e. The van der Waals surface area contributed by atoms with Gasteiger partial charge < -0.3 is 11.1 Å². The van der Waals surface area contributed by atoms with E-state index in [1.807, 2.05) is 12.2 Å². The van der Waals surface area contributed by atoms with Crippen LogP contribution >= 0.6 is 15.9 Å². The van der Waals surface area contributed by atoms with Gasteiger partial charge in [-0.2, -0.15) is 18.3 Å². The number of aromatic nitrogens is 3. The van der Waals surface area contributed by atoms with Crippen molar-refractivity contribution in [1.82, 2.24) is 19.9 Å². The van der Waals surface area contributed by atoms with E-state index in [1.165, 1.54) is 18.5 Å². The predicted octanol–water partition coefficient (Wildman–Crippen LogP) is 3.60. The molecule has 2 heterocycles. The molecule has 0 saturated heterocycles. The van der Waals surface area contributed by atoms with Crippen LogP contribution < -0.4 is 11.1 Å². The fourth-order valence-electron chi connectivity index (χ4n) is 2.79. The number of aryl methyl sites for hydroxylation is 1. The molecule has 0 aliphatic heterocycles. The third-order valence-corrected chi connectivity index (χ3v) is 4.86. The number of alkyl halides is 3. The first kappa shape index (κ1) is 19.2. The Morgan fingerprint density at radius 1 is 1.30 bits per heavy atom. The van der Waals surface area contributed by atoms with E-state index < -0.39 is 18.6 Å². The number of anilines is 1. The van der Waals surface area contributed by atoms with E-state index in [4.69, 9.17) is 5.73 Å². The molecule has 10 heteroatoms. The number of nitrogens with zero attached hydrogens (tertiary/aromatic N) is 3. The van der Waals surface area contributed by atoms with Crippen LogP contribution in [-0.2, 0) is 6.42 Å². The summed E-state index contributed by atoms with van der Waals surface area (Å²) in [5.41, 5.74) is 9.16. The Kier molecular flexibility index (Phi) is 5.09. The van der Waals surface area contributed by atoms with Crippen LogP contribution in [0.4, 0.5) is 19.0 Å². The second-order valence-electron chi connectivity index (χ2n) is 5.77. The molecule has 3 aromatic rings. The van der Waals surface area contributed by atoms with E-state index in [0.717, 1.165) is 21.3 Å². The lowest BCUT2D eigenvalue weighted by atomic mass is 10.0. The van der Waals surface area contributed by atoms with Crippen LogP contribution in [0, 0.1) is 0 Å². The number of carbonyl (C=O) groups is 1. The summed E-state index contributed by atoms with van der Waals surface area (Å²) in [6, 6.07) is 6.22. The summed E-state index contributed by atoms with van der Waals surface area (Å²) in [7, 11) is 0. The van der Waals surface area contributed by atoms with Gasteiger partial charge in [-0.15, -0.1) is 0 Å². The molecular formula is C17H15BrF3N5O. The second-order valence-corrected chi connectivity index (χ2v) is 6.56. The Morgan fingerprint density at radius 3 is 2.56 bits per heavy atom. The van der Waals surface area contributed by atoms with Gasteiger partial charge in [-0.3, -0.25) is 4.79 Å². The number of rotatable bonds is 4. The topological polar surface area (TPSA) is 85.3 Å². The lowest BCUT2D eigenvalue weighted by Crippen LogP contribution is -2.33. The van der Waals surface area contributed by atoms with Crippen molar-refractivity contribution in [3.05, 3.63) is 46.3 Å². The molecule has 27 heavy (non-hydrogen) atoms. The van der Waals surface area contributed by atoms with Gasteiger partial charge >= 0.3 is 6.18 Å². The zero-order chi connectivity index (χ0) is 19.8. The molecule has 1 amide bonds. The molecule has 142 valence electrons. The highest BCUT2D eigenvalue weighted by atomic mass is 79.9. The minimum atomic E-state index is -4.46. The Morgan fingerprint density at radius 2 is 1.96 bits per heavy atom. The highest BCUT2D eigenvalue weighted by molar-refractivity contribution is 9.10. The molecule has 0 saturated carbocycles. The van der Waals surface area contributed by atoms with Crippen LogP contribution in [0.15, 0.2) is 35.1 Å². The van der Waals surface area contributed by atoms with Gasteiger partial charge in [0, 0.05) is 15.6 Å². The van der Waals surface area contributed by atoms with Gasteiger partial charge in [0.05, 0.1) is 5.69 Å². The number of amides is 1. The summed E-state index contributed by atoms with van der Waals surface area (Å²) in [5, 5.41) is 6.08. The minimum absolute atomic E-state index is 0.127. The van der Waals surface area contributed by atoms with Crippen molar-refractivity contribution >= 4 is 33.2 Å².